The average Bonchev–Trinajstić information content (AvgIpc) is 3.14. The molecule has 0 spiro atoms. The van der Waals surface area contributed by atoms with E-state index in [1.165, 1.54) is 12.8 Å². The first kappa shape index (κ1) is 17.8. The summed E-state index contributed by atoms with van der Waals surface area (Å²) < 4.78 is 5.32. The Bertz CT molecular complexity index is 422. The minimum atomic E-state index is -0.981. The maximum absolute atomic E-state index is 11.7. The molecule has 1 amide bonds. The number of alkyl carbamates (subject to hydrolysis) is 1. The summed E-state index contributed by atoms with van der Waals surface area (Å²) in [5, 5.41) is 11.4. The second-order valence-electron chi connectivity index (χ2n) is 6.58. The molecule has 6 heteroatoms. The molecule has 0 aromatic heterocycles. The van der Waals surface area contributed by atoms with Gasteiger partial charge in [-0.2, -0.15) is 0 Å². The van der Waals surface area contributed by atoms with E-state index in [-0.39, 0.29) is 6.09 Å². The molecule has 3 atom stereocenters. The lowest BCUT2D eigenvalue weighted by molar-refractivity contribution is -0.138. The predicted octanol–water partition coefficient (Wildman–Crippen LogP) is 2.29. The number of carboxylic acid groups (broad SMARTS) is 1. The van der Waals surface area contributed by atoms with Crippen LogP contribution in [0.25, 0.3) is 0 Å². The van der Waals surface area contributed by atoms with Crippen LogP contribution >= 0.6 is 0 Å². The average molecular weight is 324 g/mol. The molecule has 1 fully saturated rings. The van der Waals surface area contributed by atoms with E-state index in [9.17, 15) is 9.59 Å². The number of hydrogen-bond donors (Lipinski definition) is 3. The van der Waals surface area contributed by atoms with Crippen LogP contribution in [0.1, 0.15) is 44.9 Å². The van der Waals surface area contributed by atoms with Gasteiger partial charge in [-0.05, 0) is 62.7 Å². The summed E-state index contributed by atoms with van der Waals surface area (Å²) >= 11 is 0. The van der Waals surface area contributed by atoms with Crippen LogP contribution in [-0.4, -0.2) is 36.4 Å². The highest BCUT2D eigenvalue weighted by molar-refractivity contribution is 5.72. The lowest BCUT2D eigenvalue weighted by Crippen LogP contribution is -2.30. The topological polar surface area (TPSA) is 102 Å². The lowest BCUT2D eigenvalue weighted by atomic mass is 10.1. The molecule has 2 aliphatic carbocycles. The summed E-state index contributed by atoms with van der Waals surface area (Å²) in [5.41, 5.74) is 5.41. The van der Waals surface area contributed by atoms with E-state index in [2.05, 4.69) is 17.5 Å². The van der Waals surface area contributed by atoms with E-state index in [0.29, 0.717) is 38.3 Å². The summed E-state index contributed by atoms with van der Waals surface area (Å²) in [6.45, 7) is 1.01. The van der Waals surface area contributed by atoms with Crippen LogP contribution in [0.5, 0.6) is 0 Å². The van der Waals surface area contributed by atoms with Crippen LogP contribution in [0.4, 0.5) is 4.79 Å². The first-order valence-electron chi connectivity index (χ1n) is 8.63. The van der Waals surface area contributed by atoms with Gasteiger partial charge in [0.1, 0.15) is 6.04 Å². The molecule has 23 heavy (non-hydrogen) atoms. The zero-order valence-corrected chi connectivity index (χ0v) is 13.6. The Morgan fingerprint density at radius 1 is 1.22 bits per heavy atom. The zero-order chi connectivity index (χ0) is 16.7. The number of rotatable bonds is 8. The largest absolute Gasteiger partial charge is 0.480 e. The van der Waals surface area contributed by atoms with E-state index >= 15 is 0 Å². The fraction of sp³-hybridized carbons (Fsp3) is 0.765. The van der Waals surface area contributed by atoms with Gasteiger partial charge in [-0.15, -0.1) is 0 Å². The van der Waals surface area contributed by atoms with Crippen molar-refractivity contribution in [3.63, 3.8) is 0 Å². The van der Waals surface area contributed by atoms with E-state index in [4.69, 9.17) is 15.6 Å². The number of allylic oxidation sites excluding steroid dienone is 2. The summed E-state index contributed by atoms with van der Waals surface area (Å²) in [4.78, 5) is 22.2. The molecule has 2 unspecified atom stereocenters. The number of carbonyl (C=O) groups is 2. The molecule has 6 nitrogen and oxygen atoms in total. The first-order valence-corrected chi connectivity index (χ1v) is 8.63. The molecular weight excluding hydrogens is 296 g/mol. The number of carbonyl (C=O) groups excluding carboxylic acids is 1. The van der Waals surface area contributed by atoms with E-state index < -0.39 is 12.0 Å². The molecule has 0 bridgehead atoms. The molecular formula is C17H28N2O4. The predicted molar refractivity (Wildman–Crippen MR) is 86.9 cm³/mol. The van der Waals surface area contributed by atoms with Gasteiger partial charge in [0.05, 0.1) is 6.61 Å². The number of nitrogens with two attached hydrogens (primary N) is 1. The first-order chi connectivity index (χ1) is 11.1. The zero-order valence-electron chi connectivity index (χ0n) is 13.6. The van der Waals surface area contributed by atoms with Gasteiger partial charge in [0, 0.05) is 6.54 Å². The number of aliphatic carboxylic acids is 1. The van der Waals surface area contributed by atoms with Crippen molar-refractivity contribution in [2.24, 2.45) is 23.5 Å². The number of unbranched alkanes of at least 4 members (excludes halogenated alkanes) is 1. The van der Waals surface area contributed by atoms with Gasteiger partial charge in [0.15, 0.2) is 0 Å². The van der Waals surface area contributed by atoms with Crippen molar-refractivity contribution >= 4 is 12.1 Å². The third kappa shape index (κ3) is 5.86. The van der Waals surface area contributed by atoms with Crippen LogP contribution < -0.4 is 11.1 Å². The van der Waals surface area contributed by atoms with Crippen molar-refractivity contribution in [3.8, 4) is 0 Å². The number of hydrogen-bond acceptors (Lipinski definition) is 4. The van der Waals surface area contributed by atoms with Crippen molar-refractivity contribution in [3.05, 3.63) is 12.2 Å². The van der Waals surface area contributed by atoms with Gasteiger partial charge >= 0.3 is 12.1 Å². The van der Waals surface area contributed by atoms with Crippen molar-refractivity contribution in [2.45, 2.75) is 51.0 Å². The quantitative estimate of drug-likeness (QED) is 0.470. The highest BCUT2D eigenvalue weighted by atomic mass is 16.5. The Balaban J connectivity index is 1.50. The molecule has 1 saturated carbocycles. The Morgan fingerprint density at radius 3 is 2.48 bits per heavy atom. The summed E-state index contributed by atoms with van der Waals surface area (Å²) in [5.74, 6) is 1.01. The molecule has 0 aromatic rings. The number of nitrogens with one attached hydrogen (secondary N) is 1. The summed E-state index contributed by atoms with van der Waals surface area (Å²) in [6, 6.07) is -0.817. The minimum Gasteiger partial charge on any atom is -0.480 e. The normalized spacial score (nSPS) is 27.3. The molecule has 2 aliphatic rings. The van der Waals surface area contributed by atoms with E-state index in [0.717, 1.165) is 24.7 Å². The summed E-state index contributed by atoms with van der Waals surface area (Å²) in [6.07, 6.45) is 10.6. The molecule has 0 heterocycles. The van der Waals surface area contributed by atoms with Crippen molar-refractivity contribution < 1.29 is 19.4 Å². The van der Waals surface area contributed by atoms with Crippen LogP contribution in [0.2, 0.25) is 0 Å². The summed E-state index contributed by atoms with van der Waals surface area (Å²) in [7, 11) is 0. The molecule has 2 rings (SSSR count). The van der Waals surface area contributed by atoms with Gasteiger partial charge in [-0.1, -0.05) is 12.2 Å². The Labute approximate surface area is 137 Å². The Hall–Kier alpha value is -1.56. The van der Waals surface area contributed by atoms with Crippen LogP contribution in [0.3, 0.4) is 0 Å². The minimum absolute atomic E-state index is 0.370. The van der Waals surface area contributed by atoms with Gasteiger partial charge in [-0.3, -0.25) is 4.79 Å². The van der Waals surface area contributed by atoms with Gasteiger partial charge < -0.3 is 20.9 Å². The lowest BCUT2D eigenvalue weighted by Gasteiger charge is -2.08. The van der Waals surface area contributed by atoms with Gasteiger partial charge in [-0.25, -0.2) is 4.79 Å². The molecule has 130 valence electrons. The number of carboxylic acids is 1. The van der Waals surface area contributed by atoms with Crippen LogP contribution in [-0.2, 0) is 9.53 Å². The number of fused-ring (bicyclic) bond motifs is 1. The van der Waals surface area contributed by atoms with E-state index in [1.54, 1.807) is 0 Å². The van der Waals surface area contributed by atoms with E-state index in [1.807, 2.05) is 0 Å². The van der Waals surface area contributed by atoms with Gasteiger partial charge in [0.25, 0.3) is 0 Å². The third-order valence-electron chi connectivity index (χ3n) is 4.94. The molecule has 0 radical (unpaired) electrons. The second-order valence-corrected chi connectivity index (χ2v) is 6.58. The molecule has 0 saturated heterocycles. The SMILES string of the molecule is N[C@@H](CCCCNC(=O)OCC1C2CCC=CCCC21)C(=O)O. The second kappa shape index (κ2) is 8.91. The Kier molecular flexibility index (Phi) is 6.89. The molecule has 0 aliphatic heterocycles. The monoisotopic (exact) mass is 324 g/mol. The van der Waals surface area contributed by atoms with Crippen molar-refractivity contribution in [1.29, 1.82) is 0 Å². The Morgan fingerprint density at radius 2 is 1.87 bits per heavy atom. The van der Waals surface area contributed by atoms with Crippen LogP contribution in [0.15, 0.2) is 12.2 Å². The highest BCUT2D eigenvalue weighted by Crippen LogP contribution is 2.52. The van der Waals surface area contributed by atoms with Crippen LogP contribution in [0, 0.1) is 17.8 Å². The highest BCUT2D eigenvalue weighted by Gasteiger charge is 2.49. The van der Waals surface area contributed by atoms with Gasteiger partial charge in [0.2, 0.25) is 0 Å². The fourth-order valence-electron chi connectivity index (χ4n) is 3.47. The standard InChI is InChI=1S/C17H28N2O4/c18-15(16(20)21)9-5-6-10-19-17(22)23-11-14-12-7-3-1-2-4-8-13(12)14/h1-2,12-15H,3-11,18H2,(H,19,22)(H,20,21)/t12?,13?,14?,15-/m0/s1. The maximum Gasteiger partial charge on any atom is 0.407 e. The van der Waals surface area contributed by atoms with Crippen molar-refractivity contribution in [1.82, 2.24) is 5.32 Å². The fourth-order valence-corrected chi connectivity index (χ4v) is 3.47. The van der Waals surface area contributed by atoms with Crippen molar-refractivity contribution in [2.75, 3.05) is 13.2 Å². The molecule has 0 aromatic carbocycles. The molecule has 4 N–H and O–H groups in total. The smallest absolute Gasteiger partial charge is 0.407 e. The maximum atomic E-state index is 11.7. The number of amides is 1. The third-order valence-corrected chi connectivity index (χ3v) is 4.94. The number of ether oxygens (including phenoxy) is 1.